The van der Waals surface area contributed by atoms with Gasteiger partial charge in [-0.05, 0) is 25.3 Å². The molecule has 19 heavy (non-hydrogen) atoms. The Labute approximate surface area is 112 Å². The minimum Gasteiger partial charge on any atom is -0.410 e. The predicted molar refractivity (Wildman–Crippen MR) is 71.7 cm³/mol. The van der Waals surface area contributed by atoms with Crippen molar-refractivity contribution in [1.82, 2.24) is 5.32 Å². The van der Waals surface area contributed by atoms with Gasteiger partial charge in [0.1, 0.15) is 5.71 Å². The summed E-state index contributed by atoms with van der Waals surface area (Å²) in [6.45, 7) is 1.86. The van der Waals surface area contributed by atoms with Gasteiger partial charge < -0.3 is 10.5 Å². The molecule has 1 atom stereocenters. The maximum atomic E-state index is 11.9. The fraction of sp³-hybridized carbons (Fsp3) is 0.357. The highest BCUT2D eigenvalue weighted by Crippen LogP contribution is 2.11. The lowest BCUT2D eigenvalue weighted by atomic mass is 10.1. The minimum absolute atomic E-state index is 0.0537. The summed E-state index contributed by atoms with van der Waals surface area (Å²) < 4.78 is 0. The van der Waals surface area contributed by atoms with E-state index in [0.717, 1.165) is 5.56 Å². The Kier molecular flexibility index (Phi) is 6.10. The van der Waals surface area contributed by atoms with E-state index in [4.69, 9.17) is 10.5 Å². The van der Waals surface area contributed by atoms with Crippen LogP contribution in [-0.4, -0.2) is 16.8 Å². The Morgan fingerprint density at radius 1 is 1.47 bits per heavy atom. The normalized spacial score (nSPS) is 12.5. The second kappa shape index (κ2) is 7.88. The number of carbonyl (C=O) groups excluding carboxylic acids is 1. The molecule has 0 saturated carbocycles. The molecule has 0 aromatic heterocycles. The molecule has 1 aromatic carbocycles. The van der Waals surface area contributed by atoms with Gasteiger partial charge in [0.25, 0.3) is 5.91 Å². The quantitative estimate of drug-likeness (QED) is 0.356. The van der Waals surface area contributed by atoms with Gasteiger partial charge >= 0.3 is 0 Å². The highest BCUT2D eigenvalue weighted by molar-refractivity contribution is 6.38. The van der Waals surface area contributed by atoms with Crippen molar-refractivity contribution in [3.63, 3.8) is 0 Å². The third-order valence-electron chi connectivity index (χ3n) is 2.73. The zero-order chi connectivity index (χ0) is 14.1. The summed E-state index contributed by atoms with van der Waals surface area (Å²) in [5.74, 6) is -0.406. The molecule has 5 heteroatoms. The van der Waals surface area contributed by atoms with E-state index in [1.165, 1.54) is 0 Å². The molecule has 0 aliphatic heterocycles. The highest BCUT2D eigenvalue weighted by atomic mass is 16.4. The van der Waals surface area contributed by atoms with E-state index in [2.05, 4.69) is 10.5 Å². The van der Waals surface area contributed by atoms with E-state index in [9.17, 15) is 4.79 Å². The Morgan fingerprint density at radius 2 is 2.16 bits per heavy atom. The number of amides is 1. The topological polar surface area (TPSA) is 85.5 Å². The van der Waals surface area contributed by atoms with E-state index < -0.39 is 5.91 Å². The number of rotatable bonds is 6. The summed E-state index contributed by atoms with van der Waals surface area (Å²) in [5, 5.41) is 23.0. The second-order valence-electron chi connectivity index (χ2n) is 4.16. The zero-order valence-corrected chi connectivity index (χ0v) is 10.8. The molecule has 1 amide bonds. The monoisotopic (exact) mass is 259 g/mol. The first-order chi connectivity index (χ1) is 9.19. The molecule has 0 bridgehead atoms. The second-order valence-corrected chi connectivity index (χ2v) is 4.16. The Bertz CT molecular complexity index is 477. The van der Waals surface area contributed by atoms with E-state index in [0.29, 0.717) is 12.8 Å². The zero-order valence-electron chi connectivity index (χ0n) is 10.8. The van der Waals surface area contributed by atoms with Crippen molar-refractivity contribution in [3.8, 4) is 6.07 Å². The summed E-state index contributed by atoms with van der Waals surface area (Å²) in [5.41, 5.74) is 1.03. The van der Waals surface area contributed by atoms with Crippen LogP contribution in [0.2, 0.25) is 0 Å². The van der Waals surface area contributed by atoms with E-state index in [1.807, 2.05) is 43.3 Å². The Morgan fingerprint density at radius 3 is 2.74 bits per heavy atom. The van der Waals surface area contributed by atoms with E-state index in [-0.39, 0.29) is 18.2 Å². The van der Waals surface area contributed by atoms with Gasteiger partial charge in [0, 0.05) is 6.42 Å². The third-order valence-corrected chi connectivity index (χ3v) is 2.73. The van der Waals surface area contributed by atoms with Crippen LogP contribution in [0.4, 0.5) is 0 Å². The molecule has 2 N–H and O–H groups in total. The van der Waals surface area contributed by atoms with Crippen molar-refractivity contribution in [3.05, 3.63) is 35.9 Å². The Balaban J connectivity index is 2.56. The predicted octanol–water partition coefficient (Wildman–Crippen LogP) is 2.39. The van der Waals surface area contributed by atoms with E-state index in [1.54, 1.807) is 0 Å². The van der Waals surface area contributed by atoms with Gasteiger partial charge in [0.15, 0.2) is 0 Å². The number of nitriles is 1. The van der Waals surface area contributed by atoms with Crippen molar-refractivity contribution in [2.75, 3.05) is 0 Å². The van der Waals surface area contributed by atoms with Crippen LogP contribution in [0.5, 0.6) is 0 Å². The van der Waals surface area contributed by atoms with Crippen LogP contribution in [-0.2, 0) is 4.79 Å². The average molecular weight is 259 g/mol. The number of unbranched alkanes of at least 4 members (excludes halogenated alkanes) is 1. The number of oxime groups is 1. The average Bonchev–Trinajstić information content (AvgIpc) is 2.44. The summed E-state index contributed by atoms with van der Waals surface area (Å²) >= 11 is 0. The molecular formula is C14H17N3O2. The molecular weight excluding hydrogens is 242 g/mol. The lowest BCUT2D eigenvalue weighted by molar-refractivity contribution is -0.115. The number of hydrogen-bond acceptors (Lipinski definition) is 4. The van der Waals surface area contributed by atoms with Gasteiger partial charge in [0.05, 0.1) is 12.1 Å². The summed E-state index contributed by atoms with van der Waals surface area (Å²) in [7, 11) is 0. The largest absolute Gasteiger partial charge is 0.410 e. The lowest BCUT2D eigenvalue weighted by Gasteiger charge is -2.14. The number of nitrogens with one attached hydrogen (secondary N) is 1. The maximum Gasteiger partial charge on any atom is 0.269 e. The van der Waals surface area contributed by atoms with Crippen LogP contribution < -0.4 is 5.32 Å². The van der Waals surface area contributed by atoms with Crippen molar-refractivity contribution >= 4 is 11.6 Å². The SMILES string of the molecule is C[C@H](NC(=O)/C(CCCC#N)=N\O)c1ccccc1. The molecule has 5 nitrogen and oxygen atoms in total. The van der Waals surface area contributed by atoms with Crippen LogP contribution in [0, 0.1) is 11.3 Å². The fourth-order valence-corrected chi connectivity index (χ4v) is 1.65. The van der Waals surface area contributed by atoms with Gasteiger partial charge in [-0.25, -0.2) is 0 Å². The van der Waals surface area contributed by atoms with Crippen LogP contribution in [0.15, 0.2) is 35.5 Å². The number of carbonyl (C=O) groups is 1. The fourth-order valence-electron chi connectivity index (χ4n) is 1.65. The number of benzene rings is 1. The van der Waals surface area contributed by atoms with Gasteiger partial charge in [-0.1, -0.05) is 35.5 Å². The molecule has 0 aliphatic rings. The molecule has 0 heterocycles. The first-order valence-corrected chi connectivity index (χ1v) is 6.12. The van der Waals surface area contributed by atoms with Crippen molar-refractivity contribution < 1.29 is 10.0 Å². The summed E-state index contributed by atoms with van der Waals surface area (Å²) in [6, 6.07) is 11.3. The first kappa shape index (κ1) is 14.7. The van der Waals surface area contributed by atoms with Crippen LogP contribution in [0.3, 0.4) is 0 Å². The first-order valence-electron chi connectivity index (χ1n) is 6.12. The standard InChI is InChI=1S/C14H17N3O2/c1-11(12-7-3-2-4-8-12)16-14(18)13(17-19)9-5-6-10-15/h2-4,7-8,11,19H,5-6,9H2,1H3,(H,16,18)/b17-13-/t11-/m0/s1. The molecule has 0 unspecified atom stereocenters. The van der Waals surface area contributed by atoms with Gasteiger partial charge in [-0.15, -0.1) is 0 Å². The summed E-state index contributed by atoms with van der Waals surface area (Å²) in [4.78, 5) is 11.9. The van der Waals surface area contributed by atoms with Crippen LogP contribution in [0.1, 0.15) is 37.8 Å². The van der Waals surface area contributed by atoms with E-state index >= 15 is 0 Å². The van der Waals surface area contributed by atoms with Crippen LogP contribution >= 0.6 is 0 Å². The van der Waals surface area contributed by atoms with Crippen molar-refractivity contribution in [2.45, 2.75) is 32.2 Å². The molecule has 0 radical (unpaired) electrons. The number of nitrogens with zero attached hydrogens (tertiary/aromatic N) is 2. The molecule has 0 fully saturated rings. The third kappa shape index (κ3) is 4.80. The Hall–Kier alpha value is -2.35. The molecule has 0 saturated heterocycles. The molecule has 0 spiro atoms. The molecule has 100 valence electrons. The van der Waals surface area contributed by atoms with Crippen molar-refractivity contribution in [2.24, 2.45) is 5.16 Å². The van der Waals surface area contributed by atoms with Gasteiger partial charge in [-0.2, -0.15) is 5.26 Å². The summed E-state index contributed by atoms with van der Waals surface area (Å²) in [6.07, 6.45) is 1.13. The highest BCUT2D eigenvalue weighted by Gasteiger charge is 2.15. The van der Waals surface area contributed by atoms with Crippen LogP contribution in [0.25, 0.3) is 0 Å². The smallest absolute Gasteiger partial charge is 0.269 e. The molecule has 0 aliphatic carbocycles. The minimum atomic E-state index is -0.406. The molecule has 1 rings (SSSR count). The van der Waals surface area contributed by atoms with Gasteiger partial charge in [-0.3, -0.25) is 4.79 Å². The number of hydrogen-bond donors (Lipinski definition) is 2. The maximum absolute atomic E-state index is 11.9. The van der Waals surface area contributed by atoms with Crippen molar-refractivity contribution in [1.29, 1.82) is 5.26 Å². The lowest BCUT2D eigenvalue weighted by Crippen LogP contribution is -2.33. The molecule has 1 aromatic rings. The van der Waals surface area contributed by atoms with Gasteiger partial charge in [0.2, 0.25) is 0 Å².